The van der Waals surface area contributed by atoms with Gasteiger partial charge in [0.25, 0.3) is 0 Å². The van der Waals surface area contributed by atoms with Gasteiger partial charge in [0.2, 0.25) is 35.4 Å². The van der Waals surface area contributed by atoms with Crippen LogP contribution in [0.5, 0.6) is 11.5 Å². The molecule has 0 radical (unpaired) electrons. The number of hydrogen-bond acceptors (Lipinski definition) is 13. The molecule has 5 atom stereocenters. The lowest BCUT2D eigenvalue weighted by molar-refractivity contribution is -0.187. The molecule has 4 fully saturated rings. The number of rotatable bonds is 29. The van der Waals surface area contributed by atoms with Crippen LogP contribution in [0.4, 0.5) is 5.69 Å². The van der Waals surface area contributed by atoms with Gasteiger partial charge in [-0.1, -0.05) is 74.4 Å². The third-order valence-corrected chi connectivity index (χ3v) is 19.4. The van der Waals surface area contributed by atoms with E-state index in [4.69, 9.17) is 31.5 Å². The number of amides is 6. The molecule has 9 rings (SSSR count). The fraction of sp³-hybridized carbons (Fsp3) is 0.625. The van der Waals surface area contributed by atoms with E-state index in [9.17, 15) is 39.0 Å². The minimum Gasteiger partial charge on any atom is -0.504 e. The second kappa shape index (κ2) is 29.0. The molecule has 3 saturated heterocycles. The fourth-order valence-electron chi connectivity index (χ4n) is 14.3. The van der Waals surface area contributed by atoms with Crippen LogP contribution in [0.3, 0.4) is 0 Å². The summed E-state index contributed by atoms with van der Waals surface area (Å²) in [6.45, 7) is 7.21. The first kappa shape index (κ1) is 62.7. The Kier molecular flexibility index (Phi) is 21.7. The zero-order valence-electron chi connectivity index (χ0n) is 49.3. The standard InChI is InChI=1S/C64H89ClN8O11/c1-43-12-18-49(38-50(43)65)73(30-11-29-71-31-21-45(22-32-71)36-44-13-15-46(16-14-44)61(66)79)62(80)47-23-33-72(34-24-47)57(78)42-83-40-55(76)68-28-10-8-6-4-3-5-7-9-27-67-54(75)39-82-41-56(77)69-51-20-25-64(81)53-37-48-17-19-52(74)59-58(48)63(64,60(51)84-59)26-35-70(53)2/h12-19,38,45,47,51,53,60,74,81H,3-11,20-37,39-42H2,1-2H3,(H2,66,79)(H,67,75)(H,68,76)(H,69,77)/t51-,53?,60-,63-,64+/m0/s1. The van der Waals surface area contributed by atoms with Crippen molar-refractivity contribution in [1.29, 1.82) is 0 Å². The molecular weight excluding hydrogens is 1090 g/mol. The number of aryl methyl sites for hydroxylation is 1. The number of hydrogen-bond donors (Lipinski definition) is 6. The number of carbonyl (C=O) groups is 6. The van der Waals surface area contributed by atoms with Gasteiger partial charge in [-0.3, -0.25) is 28.8 Å². The van der Waals surface area contributed by atoms with Crippen LogP contribution in [-0.4, -0.2) is 177 Å². The molecule has 7 N–H and O–H groups in total. The number of phenolic OH excluding ortho intramolecular Hbond substituents is 1. The summed E-state index contributed by atoms with van der Waals surface area (Å²) >= 11 is 6.57. The molecule has 2 aliphatic carbocycles. The van der Waals surface area contributed by atoms with Crippen molar-refractivity contribution in [1.82, 2.24) is 30.7 Å². The largest absolute Gasteiger partial charge is 0.504 e. The lowest BCUT2D eigenvalue weighted by Crippen LogP contribution is -2.77. The number of piperidine rings is 3. The fourth-order valence-corrected chi connectivity index (χ4v) is 14.5. The van der Waals surface area contributed by atoms with Crippen molar-refractivity contribution in [3.63, 3.8) is 0 Å². The summed E-state index contributed by atoms with van der Waals surface area (Å²) < 4.78 is 17.5. The quantitative estimate of drug-likeness (QED) is 0.0456. The van der Waals surface area contributed by atoms with E-state index in [1.807, 2.05) is 55.3 Å². The summed E-state index contributed by atoms with van der Waals surface area (Å²) in [5.41, 5.74) is 9.08. The van der Waals surface area contributed by atoms with Crippen molar-refractivity contribution in [2.24, 2.45) is 17.6 Å². The molecule has 3 aromatic carbocycles. The molecule has 84 heavy (non-hydrogen) atoms. The number of likely N-dealkylation sites (tertiary alicyclic amines) is 3. The van der Waals surface area contributed by atoms with E-state index in [2.05, 4.69) is 25.8 Å². The Morgan fingerprint density at radius 2 is 1.40 bits per heavy atom. The molecular formula is C64H89ClN8O11. The first-order valence-corrected chi connectivity index (χ1v) is 31.3. The Bertz CT molecular complexity index is 2790. The Balaban J connectivity index is 0.566. The zero-order valence-corrected chi connectivity index (χ0v) is 50.1. The second-order valence-corrected chi connectivity index (χ2v) is 24.9. The maximum absolute atomic E-state index is 14.2. The van der Waals surface area contributed by atoms with Crippen molar-refractivity contribution < 1.29 is 53.2 Å². The first-order valence-electron chi connectivity index (χ1n) is 30.9. The monoisotopic (exact) mass is 1180 g/mol. The maximum Gasteiger partial charge on any atom is 0.248 e. The molecule has 19 nitrogen and oxygen atoms in total. The van der Waals surface area contributed by atoms with Gasteiger partial charge >= 0.3 is 0 Å². The van der Waals surface area contributed by atoms with Crippen molar-refractivity contribution in [2.75, 3.05) is 97.3 Å². The van der Waals surface area contributed by atoms with Gasteiger partial charge in [-0.2, -0.15) is 0 Å². The van der Waals surface area contributed by atoms with Crippen molar-refractivity contribution in [3.05, 3.63) is 87.4 Å². The van der Waals surface area contributed by atoms with Crippen LogP contribution in [0.1, 0.15) is 135 Å². The average molecular weight is 1180 g/mol. The van der Waals surface area contributed by atoms with E-state index in [0.717, 1.165) is 126 Å². The number of aliphatic hydroxyl groups is 1. The van der Waals surface area contributed by atoms with Crippen LogP contribution >= 0.6 is 11.6 Å². The van der Waals surface area contributed by atoms with Gasteiger partial charge in [0, 0.05) is 66.5 Å². The van der Waals surface area contributed by atoms with E-state index >= 15 is 0 Å². The number of benzene rings is 3. The predicted octanol–water partition coefficient (Wildman–Crippen LogP) is 5.72. The number of ether oxygens (including phenoxy) is 3. The third-order valence-electron chi connectivity index (χ3n) is 19.0. The summed E-state index contributed by atoms with van der Waals surface area (Å²) in [5.74, 6) is -0.626. The number of nitrogens with one attached hydrogen (secondary N) is 3. The topological polar surface area (TPSA) is 246 Å². The molecule has 458 valence electrons. The van der Waals surface area contributed by atoms with Crippen LogP contribution in [-0.2, 0) is 51.7 Å². The van der Waals surface area contributed by atoms with E-state index in [1.165, 1.54) is 5.56 Å². The van der Waals surface area contributed by atoms with E-state index < -0.39 is 29.1 Å². The molecule has 6 amide bonds. The van der Waals surface area contributed by atoms with Crippen LogP contribution in [0.25, 0.3) is 0 Å². The number of carbonyl (C=O) groups excluding carboxylic acids is 6. The number of unbranched alkanes of at least 4 members (excludes halogenated alkanes) is 7. The number of aromatic hydroxyl groups is 1. The van der Waals surface area contributed by atoms with Crippen LogP contribution < -0.4 is 31.3 Å². The highest BCUT2D eigenvalue weighted by molar-refractivity contribution is 6.31. The van der Waals surface area contributed by atoms with Crippen molar-refractivity contribution in [2.45, 2.75) is 152 Å². The molecule has 0 aromatic heterocycles. The van der Waals surface area contributed by atoms with Gasteiger partial charge in [0.05, 0.1) is 17.1 Å². The summed E-state index contributed by atoms with van der Waals surface area (Å²) in [5, 5.41) is 32.6. The molecule has 1 spiro atoms. The minimum absolute atomic E-state index is 0.0482. The third kappa shape index (κ3) is 14.9. The Morgan fingerprint density at radius 3 is 2.06 bits per heavy atom. The summed E-state index contributed by atoms with van der Waals surface area (Å²) in [6.07, 6.45) is 14.8. The van der Waals surface area contributed by atoms with Crippen molar-refractivity contribution >= 4 is 52.7 Å². The molecule has 6 aliphatic rings. The molecule has 2 bridgehead atoms. The van der Waals surface area contributed by atoms with E-state index in [0.29, 0.717) is 93.5 Å². The Labute approximate surface area is 500 Å². The van der Waals surface area contributed by atoms with Gasteiger partial charge in [-0.25, -0.2) is 0 Å². The highest BCUT2D eigenvalue weighted by atomic mass is 35.5. The zero-order chi connectivity index (χ0) is 59.4. The Hall–Kier alpha value is -5.83. The second-order valence-electron chi connectivity index (χ2n) is 24.5. The first-order chi connectivity index (χ1) is 40.5. The number of anilines is 1. The predicted molar refractivity (Wildman–Crippen MR) is 320 cm³/mol. The summed E-state index contributed by atoms with van der Waals surface area (Å²) in [7, 11) is 2.05. The maximum atomic E-state index is 14.2. The number of likely N-dealkylation sites (N-methyl/N-ethyl adjacent to an activating group) is 1. The lowest BCUT2D eigenvalue weighted by Gasteiger charge is -2.63. The lowest BCUT2D eigenvalue weighted by atomic mass is 9.48. The number of nitrogens with two attached hydrogens (primary N) is 1. The van der Waals surface area contributed by atoms with Gasteiger partial charge < -0.3 is 65.7 Å². The highest BCUT2D eigenvalue weighted by Crippen LogP contribution is 2.65. The summed E-state index contributed by atoms with van der Waals surface area (Å²) in [4.78, 5) is 85.1. The van der Waals surface area contributed by atoms with Gasteiger partial charge in [-0.15, -0.1) is 0 Å². The average Bonchev–Trinajstić information content (AvgIpc) is 1.41. The smallest absolute Gasteiger partial charge is 0.248 e. The van der Waals surface area contributed by atoms with Gasteiger partial charge in [0.15, 0.2) is 11.5 Å². The van der Waals surface area contributed by atoms with Gasteiger partial charge in [-0.05, 0) is 170 Å². The molecule has 3 aromatic rings. The number of primary amides is 1. The minimum atomic E-state index is -1.05. The molecule has 20 heteroatoms. The van der Waals surface area contributed by atoms with E-state index in [1.54, 1.807) is 23.1 Å². The molecule has 1 unspecified atom stereocenters. The van der Waals surface area contributed by atoms with Gasteiger partial charge in [0.1, 0.15) is 32.5 Å². The molecule has 1 saturated carbocycles. The van der Waals surface area contributed by atoms with Crippen LogP contribution in [0.2, 0.25) is 5.02 Å². The molecule has 4 heterocycles. The van der Waals surface area contributed by atoms with E-state index in [-0.39, 0.29) is 73.7 Å². The highest BCUT2D eigenvalue weighted by Gasteiger charge is 2.72. The normalized spacial score (nSPS) is 23.1. The number of phenols is 1. The molecule has 4 aliphatic heterocycles. The van der Waals surface area contributed by atoms with Crippen LogP contribution in [0, 0.1) is 18.8 Å². The van der Waals surface area contributed by atoms with Crippen molar-refractivity contribution in [3.8, 4) is 11.5 Å². The Morgan fingerprint density at radius 1 is 0.762 bits per heavy atom. The number of nitrogens with zero attached hydrogens (tertiary/aromatic N) is 4. The summed E-state index contributed by atoms with van der Waals surface area (Å²) in [6, 6.07) is 16.5. The van der Waals surface area contributed by atoms with Crippen LogP contribution in [0.15, 0.2) is 54.6 Å². The number of halogens is 1. The SMILES string of the molecule is Cc1ccc(N(CCCN2CCC(Cc3ccc(C(N)=O)cc3)CC2)C(=O)C2CCN(C(=O)COCC(=O)NCCCCCCCCCCNC(=O)COCC(=O)N[C@H]3CC[C@@]4(O)C5Cc6ccc(O)c7c6[C@@]4(CCN5C)[C@H]3O7)CC2)cc1Cl.